The molecule has 16 heavy (non-hydrogen) atoms. The molecule has 3 N–H and O–H groups in total. The van der Waals surface area contributed by atoms with Crippen LogP contribution in [0.5, 0.6) is 11.5 Å². The third-order valence-electron chi connectivity index (χ3n) is 2.07. The molecule has 1 aromatic rings. The summed E-state index contributed by atoms with van der Waals surface area (Å²) in [5.41, 5.74) is 5.04. The fraction of sp³-hybridized carbons (Fsp3) is 0.500. The summed E-state index contributed by atoms with van der Waals surface area (Å²) in [6.07, 6.45) is 0. The quantitative estimate of drug-likeness (QED) is 0.763. The maximum absolute atomic E-state index is 9.01. The summed E-state index contributed by atoms with van der Waals surface area (Å²) in [6.45, 7) is 4.35. The molecular weight excluding hydrogens is 206 g/mol. The van der Waals surface area contributed by atoms with Crippen molar-refractivity contribution in [2.75, 3.05) is 19.8 Å². The average Bonchev–Trinajstić information content (AvgIpc) is 2.28. The molecule has 0 bridgehead atoms. The van der Waals surface area contributed by atoms with Crippen LogP contribution in [0.25, 0.3) is 0 Å². The first-order chi connectivity index (χ1) is 7.59. The molecule has 0 fully saturated rings. The second-order valence-electron chi connectivity index (χ2n) is 3.98. The maximum atomic E-state index is 9.01. The van der Waals surface area contributed by atoms with Gasteiger partial charge in [0.1, 0.15) is 6.61 Å². The highest BCUT2D eigenvalue weighted by Gasteiger charge is 2.18. The zero-order valence-electron chi connectivity index (χ0n) is 9.77. The molecule has 1 atom stereocenters. The molecule has 0 radical (unpaired) electrons. The van der Waals surface area contributed by atoms with Gasteiger partial charge in [0.2, 0.25) is 0 Å². The van der Waals surface area contributed by atoms with Crippen LogP contribution in [-0.4, -0.2) is 30.5 Å². The van der Waals surface area contributed by atoms with E-state index in [4.69, 9.17) is 20.3 Å². The summed E-state index contributed by atoms with van der Waals surface area (Å²) >= 11 is 0. The molecule has 0 amide bonds. The standard InChI is InChI=1S/C12H19NO3/c1-3-15-10-6-4-5-7-11(10)16-9-12(2,13)8-14/h4-7,14H,3,8-9,13H2,1-2H3. The maximum Gasteiger partial charge on any atom is 0.161 e. The van der Waals surface area contributed by atoms with Crippen molar-refractivity contribution in [2.24, 2.45) is 5.73 Å². The van der Waals surface area contributed by atoms with E-state index < -0.39 is 5.54 Å². The lowest BCUT2D eigenvalue weighted by atomic mass is 10.1. The van der Waals surface area contributed by atoms with Crippen molar-refractivity contribution in [1.82, 2.24) is 0 Å². The average molecular weight is 225 g/mol. The Morgan fingerprint density at radius 1 is 1.25 bits per heavy atom. The van der Waals surface area contributed by atoms with E-state index in [9.17, 15) is 0 Å². The van der Waals surface area contributed by atoms with Crippen LogP contribution < -0.4 is 15.2 Å². The second kappa shape index (κ2) is 5.72. The number of hydrogen-bond acceptors (Lipinski definition) is 4. The van der Waals surface area contributed by atoms with E-state index in [0.717, 1.165) is 0 Å². The molecule has 4 heteroatoms. The Balaban J connectivity index is 2.66. The normalized spacial score (nSPS) is 14.2. The zero-order valence-corrected chi connectivity index (χ0v) is 9.77. The first kappa shape index (κ1) is 12.8. The lowest BCUT2D eigenvalue weighted by molar-refractivity contribution is 0.143. The van der Waals surface area contributed by atoms with Crippen molar-refractivity contribution in [3.05, 3.63) is 24.3 Å². The van der Waals surface area contributed by atoms with E-state index in [1.54, 1.807) is 6.92 Å². The SMILES string of the molecule is CCOc1ccccc1OCC(C)(N)CO. The summed E-state index contributed by atoms with van der Waals surface area (Å²) in [5, 5.41) is 9.01. The monoisotopic (exact) mass is 225 g/mol. The van der Waals surface area contributed by atoms with Crippen LogP contribution in [0.2, 0.25) is 0 Å². The van der Waals surface area contributed by atoms with E-state index in [-0.39, 0.29) is 13.2 Å². The van der Waals surface area contributed by atoms with Crippen LogP contribution in [0.4, 0.5) is 0 Å². The van der Waals surface area contributed by atoms with Crippen molar-refractivity contribution in [3.8, 4) is 11.5 Å². The molecule has 0 aliphatic rings. The van der Waals surface area contributed by atoms with Gasteiger partial charge >= 0.3 is 0 Å². The number of hydrogen-bond donors (Lipinski definition) is 2. The second-order valence-corrected chi connectivity index (χ2v) is 3.98. The van der Waals surface area contributed by atoms with Crippen LogP contribution in [0.15, 0.2) is 24.3 Å². The largest absolute Gasteiger partial charge is 0.490 e. The van der Waals surface area contributed by atoms with Gasteiger partial charge in [-0.05, 0) is 26.0 Å². The molecule has 0 aromatic heterocycles. The van der Waals surface area contributed by atoms with Crippen molar-refractivity contribution >= 4 is 0 Å². The minimum atomic E-state index is -0.737. The van der Waals surface area contributed by atoms with Gasteiger partial charge in [-0.3, -0.25) is 0 Å². The fourth-order valence-corrected chi connectivity index (χ4v) is 1.13. The van der Waals surface area contributed by atoms with Gasteiger partial charge in [0, 0.05) is 0 Å². The van der Waals surface area contributed by atoms with Crippen LogP contribution in [0.1, 0.15) is 13.8 Å². The number of aliphatic hydroxyl groups is 1. The van der Waals surface area contributed by atoms with E-state index in [1.807, 2.05) is 31.2 Å². The molecule has 0 aliphatic carbocycles. The predicted molar refractivity (Wildman–Crippen MR) is 62.8 cm³/mol. The minimum absolute atomic E-state index is 0.121. The van der Waals surface area contributed by atoms with E-state index in [1.165, 1.54) is 0 Å². The van der Waals surface area contributed by atoms with Gasteiger partial charge in [0.25, 0.3) is 0 Å². The Morgan fingerprint density at radius 2 is 1.81 bits per heavy atom. The Labute approximate surface area is 96.0 Å². The third kappa shape index (κ3) is 3.72. The highest BCUT2D eigenvalue weighted by molar-refractivity contribution is 5.39. The summed E-state index contributed by atoms with van der Waals surface area (Å²) in [4.78, 5) is 0. The molecule has 4 nitrogen and oxygen atoms in total. The molecule has 0 saturated heterocycles. The first-order valence-corrected chi connectivity index (χ1v) is 5.33. The van der Waals surface area contributed by atoms with E-state index in [2.05, 4.69) is 0 Å². The van der Waals surface area contributed by atoms with Crippen molar-refractivity contribution < 1.29 is 14.6 Å². The van der Waals surface area contributed by atoms with E-state index >= 15 is 0 Å². The lowest BCUT2D eigenvalue weighted by Crippen LogP contribution is -2.45. The molecule has 1 unspecified atom stereocenters. The third-order valence-corrected chi connectivity index (χ3v) is 2.07. The Kier molecular flexibility index (Phi) is 4.58. The first-order valence-electron chi connectivity index (χ1n) is 5.33. The lowest BCUT2D eigenvalue weighted by Gasteiger charge is -2.22. The Morgan fingerprint density at radius 3 is 2.31 bits per heavy atom. The van der Waals surface area contributed by atoms with E-state index in [0.29, 0.717) is 18.1 Å². The molecule has 0 heterocycles. The number of ether oxygens (including phenoxy) is 2. The summed E-state index contributed by atoms with van der Waals surface area (Å²) in [6, 6.07) is 7.40. The van der Waals surface area contributed by atoms with Crippen LogP contribution in [-0.2, 0) is 0 Å². The minimum Gasteiger partial charge on any atom is -0.490 e. The number of rotatable bonds is 6. The number of benzene rings is 1. The molecule has 90 valence electrons. The smallest absolute Gasteiger partial charge is 0.161 e. The van der Waals surface area contributed by atoms with Gasteiger partial charge in [0.15, 0.2) is 11.5 Å². The Hall–Kier alpha value is -1.26. The van der Waals surface area contributed by atoms with Crippen molar-refractivity contribution in [3.63, 3.8) is 0 Å². The highest BCUT2D eigenvalue weighted by atomic mass is 16.5. The highest BCUT2D eigenvalue weighted by Crippen LogP contribution is 2.26. The van der Waals surface area contributed by atoms with Gasteiger partial charge < -0.3 is 20.3 Å². The molecule has 0 spiro atoms. The molecular formula is C12H19NO3. The topological polar surface area (TPSA) is 64.7 Å². The number of para-hydroxylation sites is 2. The molecule has 0 aliphatic heterocycles. The predicted octanol–water partition coefficient (Wildman–Crippen LogP) is 1.17. The van der Waals surface area contributed by atoms with Gasteiger partial charge in [-0.2, -0.15) is 0 Å². The van der Waals surface area contributed by atoms with Gasteiger partial charge in [0.05, 0.1) is 18.8 Å². The van der Waals surface area contributed by atoms with Gasteiger partial charge in [-0.1, -0.05) is 12.1 Å². The molecule has 1 rings (SSSR count). The summed E-state index contributed by atoms with van der Waals surface area (Å²) < 4.78 is 10.9. The van der Waals surface area contributed by atoms with Gasteiger partial charge in [-0.15, -0.1) is 0 Å². The summed E-state index contributed by atoms with van der Waals surface area (Å²) in [5.74, 6) is 1.34. The Bertz CT molecular complexity index is 326. The van der Waals surface area contributed by atoms with Crippen LogP contribution in [0.3, 0.4) is 0 Å². The number of aliphatic hydroxyl groups excluding tert-OH is 1. The molecule has 0 saturated carbocycles. The van der Waals surface area contributed by atoms with Crippen LogP contribution >= 0.6 is 0 Å². The van der Waals surface area contributed by atoms with Gasteiger partial charge in [-0.25, -0.2) is 0 Å². The van der Waals surface area contributed by atoms with Crippen molar-refractivity contribution in [2.45, 2.75) is 19.4 Å². The van der Waals surface area contributed by atoms with Crippen molar-refractivity contribution in [1.29, 1.82) is 0 Å². The number of nitrogens with two attached hydrogens (primary N) is 1. The fourth-order valence-electron chi connectivity index (χ4n) is 1.13. The zero-order chi connectivity index (χ0) is 12.0. The van der Waals surface area contributed by atoms with Crippen LogP contribution in [0, 0.1) is 0 Å². The molecule has 1 aromatic carbocycles. The summed E-state index contributed by atoms with van der Waals surface area (Å²) in [7, 11) is 0.